The average Bonchev–Trinajstić information content (AvgIpc) is 3.05. The van der Waals surface area contributed by atoms with Gasteiger partial charge in [-0.25, -0.2) is 18.7 Å². The molecule has 0 bridgehead atoms. The molecular formula is C21H16F5N3O2. The number of nitrogens with one attached hydrogen (secondary N) is 1. The average molecular weight is 437 g/mol. The van der Waals surface area contributed by atoms with Crippen molar-refractivity contribution in [2.75, 3.05) is 0 Å². The topological polar surface area (TPSA) is 64.1 Å². The summed E-state index contributed by atoms with van der Waals surface area (Å²) in [7, 11) is 0. The van der Waals surface area contributed by atoms with E-state index in [1.165, 1.54) is 12.1 Å². The fourth-order valence-electron chi connectivity index (χ4n) is 3.36. The lowest BCUT2D eigenvalue weighted by Crippen LogP contribution is -2.34. The number of fused-ring (bicyclic) bond motifs is 1. The second-order valence-electron chi connectivity index (χ2n) is 7.31. The molecule has 1 aromatic carbocycles. The number of nitrogens with zero attached hydrogens (tertiary/aromatic N) is 2. The minimum Gasteiger partial charge on any atom is -0.439 e. The standard InChI is InChI=1S/C21H16F5N3O2/c22-20(23)8-7-14(10-20)28-19(30)17-4-1-12-9-15(3-5-16(12)29-17)31-18-6-2-13(11-27-18)21(24,25)26/h1-6,9,11,14H,7-8,10H2,(H,28,30). The first-order valence-electron chi connectivity index (χ1n) is 9.40. The highest BCUT2D eigenvalue weighted by atomic mass is 19.4. The van der Waals surface area contributed by atoms with E-state index in [2.05, 4.69) is 15.3 Å². The number of rotatable bonds is 4. The Morgan fingerprint density at radius 3 is 2.58 bits per heavy atom. The first-order valence-corrected chi connectivity index (χ1v) is 9.40. The summed E-state index contributed by atoms with van der Waals surface area (Å²) in [6.07, 6.45) is -4.22. The number of hydrogen-bond acceptors (Lipinski definition) is 4. The van der Waals surface area contributed by atoms with Crippen LogP contribution in [0.1, 0.15) is 35.3 Å². The Labute approximate surface area is 173 Å². The number of pyridine rings is 2. The molecule has 0 aliphatic heterocycles. The molecule has 3 aromatic rings. The highest BCUT2D eigenvalue weighted by molar-refractivity contribution is 5.95. The number of benzene rings is 1. The molecule has 1 aliphatic rings. The predicted molar refractivity (Wildman–Crippen MR) is 101 cm³/mol. The molecule has 1 saturated carbocycles. The Morgan fingerprint density at radius 2 is 1.94 bits per heavy atom. The Balaban J connectivity index is 1.46. The monoisotopic (exact) mass is 437 g/mol. The first-order chi connectivity index (χ1) is 14.6. The minimum absolute atomic E-state index is 0.00956. The van der Waals surface area contributed by atoms with Crippen LogP contribution in [0.4, 0.5) is 22.0 Å². The molecule has 1 unspecified atom stereocenters. The second-order valence-corrected chi connectivity index (χ2v) is 7.31. The fraction of sp³-hybridized carbons (Fsp3) is 0.286. The third-order valence-electron chi connectivity index (χ3n) is 4.92. The summed E-state index contributed by atoms with van der Waals surface area (Å²) in [6, 6.07) is 9.19. The van der Waals surface area contributed by atoms with Crippen molar-refractivity contribution >= 4 is 16.8 Å². The molecule has 31 heavy (non-hydrogen) atoms. The zero-order chi connectivity index (χ0) is 22.2. The SMILES string of the molecule is O=C(NC1CCC(F)(F)C1)c1ccc2cc(Oc3ccc(C(F)(F)F)cn3)ccc2n1. The van der Waals surface area contributed by atoms with Crippen molar-refractivity contribution in [3.8, 4) is 11.6 Å². The quantitative estimate of drug-likeness (QED) is 0.559. The molecule has 0 saturated heterocycles. The first kappa shape index (κ1) is 21.0. The number of aromatic nitrogens is 2. The highest BCUT2D eigenvalue weighted by Crippen LogP contribution is 2.35. The van der Waals surface area contributed by atoms with E-state index in [1.54, 1.807) is 18.2 Å². The second kappa shape index (κ2) is 7.75. The Bertz CT molecular complexity index is 1120. The molecule has 1 N–H and O–H groups in total. The maximum atomic E-state index is 13.3. The van der Waals surface area contributed by atoms with Crippen LogP contribution in [0.15, 0.2) is 48.7 Å². The molecule has 5 nitrogen and oxygen atoms in total. The smallest absolute Gasteiger partial charge is 0.417 e. The zero-order valence-corrected chi connectivity index (χ0v) is 15.9. The van der Waals surface area contributed by atoms with Gasteiger partial charge >= 0.3 is 6.18 Å². The minimum atomic E-state index is -4.48. The molecule has 1 fully saturated rings. The van der Waals surface area contributed by atoms with Gasteiger partial charge in [-0.2, -0.15) is 13.2 Å². The fourth-order valence-corrected chi connectivity index (χ4v) is 3.36. The highest BCUT2D eigenvalue weighted by Gasteiger charge is 2.40. The van der Waals surface area contributed by atoms with Crippen molar-refractivity contribution in [3.05, 3.63) is 59.9 Å². The van der Waals surface area contributed by atoms with Crippen LogP contribution < -0.4 is 10.1 Å². The van der Waals surface area contributed by atoms with Crippen LogP contribution in [0.3, 0.4) is 0 Å². The van der Waals surface area contributed by atoms with Gasteiger partial charge in [-0.3, -0.25) is 4.79 Å². The van der Waals surface area contributed by atoms with E-state index in [9.17, 15) is 26.7 Å². The summed E-state index contributed by atoms with van der Waals surface area (Å²) in [5, 5.41) is 3.20. The van der Waals surface area contributed by atoms with E-state index in [0.29, 0.717) is 22.8 Å². The summed E-state index contributed by atoms with van der Waals surface area (Å²) in [4.78, 5) is 20.2. The van der Waals surface area contributed by atoms with Gasteiger partial charge < -0.3 is 10.1 Å². The van der Waals surface area contributed by atoms with Crippen molar-refractivity contribution in [1.82, 2.24) is 15.3 Å². The molecule has 4 rings (SSSR count). The van der Waals surface area contributed by atoms with Gasteiger partial charge in [-0.15, -0.1) is 0 Å². The summed E-state index contributed by atoms with van der Waals surface area (Å²) in [5.41, 5.74) is -0.312. The van der Waals surface area contributed by atoms with Crippen molar-refractivity contribution < 1.29 is 31.5 Å². The van der Waals surface area contributed by atoms with Crippen LogP contribution in [-0.2, 0) is 6.18 Å². The van der Waals surface area contributed by atoms with E-state index < -0.39 is 29.6 Å². The van der Waals surface area contributed by atoms with Gasteiger partial charge in [-0.1, -0.05) is 6.07 Å². The maximum absolute atomic E-state index is 13.3. The molecule has 2 aromatic heterocycles. The number of amides is 1. The number of halogens is 5. The summed E-state index contributed by atoms with van der Waals surface area (Å²) in [6.45, 7) is 0. The van der Waals surface area contributed by atoms with Gasteiger partial charge in [0.05, 0.1) is 11.1 Å². The number of alkyl halides is 5. The lowest BCUT2D eigenvalue weighted by atomic mass is 10.1. The number of carbonyl (C=O) groups is 1. The molecule has 0 spiro atoms. The van der Waals surface area contributed by atoms with Crippen molar-refractivity contribution in [2.45, 2.75) is 37.4 Å². The van der Waals surface area contributed by atoms with Crippen molar-refractivity contribution in [1.29, 1.82) is 0 Å². The number of carbonyl (C=O) groups excluding carboxylic acids is 1. The maximum Gasteiger partial charge on any atom is 0.417 e. The normalized spacial score (nSPS) is 18.2. The van der Waals surface area contributed by atoms with Gasteiger partial charge in [0.25, 0.3) is 5.91 Å². The Kier molecular flexibility index (Phi) is 5.24. The molecule has 2 heterocycles. The lowest BCUT2D eigenvalue weighted by Gasteiger charge is -2.13. The number of ether oxygens (including phenoxy) is 1. The number of hydrogen-bond donors (Lipinski definition) is 1. The van der Waals surface area contributed by atoms with E-state index in [4.69, 9.17) is 4.74 Å². The van der Waals surface area contributed by atoms with Crippen LogP contribution in [0, 0.1) is 0 Å². The van der Waals surface area contributed by atoms with Gasteiger partial charge in [0, 0.05) is 36.5 Å². The van der Waals surface area contributed by atoms with Crippen LogP contribution in [0.5, 0.6) is 11.6 Å². The van der Waals surface area contributed by atoms with Gasteiger partial charge in [-0.05, 0) is 36.8 Å². The third kappa shape index (κ3) is 4.89. The molecule has 1 aliphatic carbocycles. The summed E-state index contributed by atoms with van der Waals surface area (Å²) < 4.78 is 69.9. The van der Waals surface area contributed by atoms with E-state index in [0.717, 1.165) is 12.1 Å². The summed E-state index contributed by atoms with van der Waals surface area (Å²) >= 11 is 0. The molecule has 0 radical (unpaired) electrons. The predicted octanol–water partition coefficient (Wildman–Crippen LogP) is 5.36. The van der Waals surface area contributed by atoms with E-state index in [1.807, 2.05) is 0 Å². The van der Waals surface area contributed by atoms with Crippen molar-refractivity contribution in [2.24, 2.45) is 0 Å². The molecule has 162 valence electrons. The molecule has 10 heteroatoms. The van der Waals surface area contributed by atoms with Crippen LogP contribution in [0.25, 0.3) is 10.9 Å². The van der Waals surface area contributed by atoms with Crippen LogP contribution in [0.2, 0.25) is 0 Å². The van der Waals surface area contributed by atoms with E-state index in [-0.39, 0.29) is 30.8 Å². The van der Waals surface area contributed by atoms with Crippen LogP contribution in [-0.4, -0.2) is 27.8 Å². The van der Waals surface area contributed by atoms with Gasteiger partial charge in [0.1, 0.15) is 11.4 Å². The zero-order valence-electron chi connectivity index (χ0n) is 15.9. The lowest BCUT2D eigenvalue weighted by molar-refractivity contribution is -0.137. The van der Waals surface area contributed by atoms with Gasteiger partial charge in [0.2, 0.25) is 11.8 Å². The third-order valence-corrected chi connectivity index (χ3v) is 4.92. The summed E-state index contributed by atoms with van der Waals surface area (Å²) in [5.74, 6) is -2.97. The Morgan fingerprint density at radius 1 is 1.13 bits per heavy atom. The van der Waals surface area contributed by atoms with Gasteiger partial charge in [0.15, 0.2) is 0 Å². The molecule has 1 atom stereocenters. The van der Waals surface area contributed by atoms with Crippen molar-refractivity contribution in [3.63, 3.8) is 0 Å². The molecular weight excluding hydrogens is 421 g/mol. The van der Waals surface area contributed by atoms with Crippen LogP contribution >= 0.6 is 0 Å². The largest absolute Gasteiger partial charge is 0.439 e. The molecule has 1 amide bonds. The van der Waals surface area contributed by atoms with E-state index >= 15 is 0 Å². The Hall–Kier alpha value is -3.30.